The molecule has 2 nitrogen and oxygen atoms in total. The minimum atomic E-state index is -0.389. The molecule has 0 aromatic heterocycles. The monoisotopic (exact) mass is 198 g/mol. The lowest BCUT2D eigenvalue weighted by molar-refractivity contribution is 0.182. The first-order chi connectivity index (χ1) is 6.56. The van der Waals surface area contributed by atoms with Gasteiger partial charge in [-0.25, -0.2) is 0 Å². The maximum Gasteiger partial charge on any atom is 0.0726 e. The first-order valence-electron chi connectivity index (χ1n) is 5.19. The lowest BCUT2D eigenvalue weighted by Gasteiger charge is -2.12. The molecule has 2 heteroatoms. The van der Waals surface area contributed by atoms with Gasteiger partial charge in [-0.2, -0.15) is 0 Å². The SMILES string of the molecule is C=C(C)/C=C/C(O)CC(C)CCCO. The van der Waals surface area contributed by atoms with Crippen LogP contribution in [0.4, 0.5) is 0 Å². The van der Waals surface area contributed by atoms with Crippen molar-refractivity contribution >= 4 is 0 Å². The normalized spacial score (nSPS) is 15.7. The Morgan fingerprint density at radius 3 is 2.64 bits per heavy atom. The van der Waals surface area contributed by atoms with Crippen LogP contribution in [0.25, 0.3) is 0 Å². The van der Waals surface area contributed by atoms with E-state index in [1.165, 1.54) is 0 Å². The Hall–Kier alpha value is -0.600. The van der Waals surface area contributed by atoms with E-state index in [4.69, 9.17) is 5.11 Å². The van der Waals surface area contributed by atoms with Gasteiger partial charge in [-0.3, -0.25) is 0 Å². The van der Waals surface area contributed by atoms with E-state index in [0.29, 0.717) is 5.92 Å². The van der Waals surface area contributed by atoms with Crippen LogP contribution in [-0.2, 0) is 0 Å². The van der Waals surface area contributed by atoms with E-state index in [9.17, 15) is 5.11 Å². The van der Waals surface area contributed by atoms with E-state index < -0.39 is 0 Å². The molecule has 0 saturated heterocycles. The highest BCUT2D eigenvalue weighted by atomic mass is 16.3. The third-order valence-electron chi connectivity index (χ3n) is 2.10. The van der Waals surface area contributed by atoms with Crippen molar-refractivity contribution in [3.63, 3.8) is 0 Å². The molecule has 0 saturated carbocycles. The topological polar surface area (TPSA) is 40.5 Å². The highest BCUT2D eigenvalue weighted by molar-refractivity contribution is 5.12. The molecule has 2 unspecified atom stereocenters. The summed E-state index contributed by atoms with van der Waals surface area (Å²) in [4.78, 5) is 0. The zero-order valence-corrected chi connectivity index (χ0v) is 9.24. The summed E-state index contributed by atoms with van der Waals surface area (Å²) in [5.41, 5.74) is 0.951. The number of aliphatic hydroxyl groups is 2. The number of aliphatic hydroxyl groups excluding tert-OH is 2. The van der Waals surface area contributed by atoms with Crippen LogP contribution in [0.15, 0.2) is 24.3 Å². The molecule has 82 valence electrons. The Morgan fingerprint density at radius 2 is 2.14 bits per heavy atom. The minimum absolute atomic E-state index is 0.238. The Labute approximate surface area is 87.0 Å². The largest absolute Gasteiger partial charge is 0.396 e. The van der Waals surface area contributed by atoms with E-state index >= 15 is 0 Å². The average Bonchev–Trinajstić information content (AvgIpc) is 2.11. The zero-order valence-electron chi connectivity index (χ0n) is 9.24. The molecule has 0 amide bonds. The van der Waals surface area contributed by atoms with Crippen LogP contribution in [0.1, 0.15) is 33.1 Å². The average molecular weight is 198 g/mol. The summed E-state index contributed by atoms with van der Waals surface area (Å²) in [6.45, 7) is 7.95. The third-order valence-corrected chi connectivity index (χ3v) is 2.10. The smallest absolute Gasteiger partial charge is 0.0726 e. The number of allylic oxidation sites excluding steroid dienone is 2. The predicted octanol–water partition coefficient (Wildman–Crippen LogP) is 2.28. The maximum absolute atomic E-state index is 9.58. The van der Waals surface area contributed by atoms with Gasteiger partial charge in [-0.15, -0.1) is 0 Å². The van der Waals surface area contributed by atoms with Crippen molar-refractivity contribution in [1.29, 1.82) is 0 Å². The van der Waals surface area contributed by atoms with Gasteiger partial charge in [0.25, 0.3) is 0 Å². The zero-order chi connectivity index (χ0) is 11.0. The molecule has 0 aliphatic carbocycles. The van der Waals surface area contributed by atoms with E-state index in [1.807, 2.05) is 13.0 Å². The fourth-order valence-electron chi connectivity index (χ4n) is 1.32. The first kappa shape index (κ1) is 13.4. The summed E-state index contributed by atoms with van der Waals surface area (Å²) in [5, 5.41) is 18.2. The van der Waals surface area contributed by atoms with E-state index in [-0.39, 0.29) is 12.7 Å². The van der Waals surface area contributed by atoms with Crippen molar-refractivity contribution in [2.75, 3.05) is 6.61 Å². The second-order valence-corrected chi connectivity index (χ2v) is 3.98. The van der Waals surface area contributed by atoms with Gasteiger partial charge in [-0.1, -0.05) is 31.2 Å². The molecule has 14 heavy (non-hydrogen) atoms. The second-order valence-electron chi connectivity index (χ2n) is 3.98. The van der Waals surface area contributed by atoms with Gasteiger partial charge in [0.1, 0.15) is 0 Å². The Bertz CT molecular complexity index is 185. The van der Waals surface area contributed by atoms with Gasteiger partial charge in [0.05, 0.1) is 6.10 Å². The lowest BCUT2D eigenvalue weighted by atomic mass is 9.98. The molecule has 2 N–H and O–H groups in total. The highest BCUT2D eigenvalue weighted by Gasteiger charge is 2.06. The predicted molar refractivity (Wildman–Crippen MR) is 60.1 cm³/mol. The fraction of sp³-hybridized carbons (Fsp3) is 0.667. The van der Waals surface area contributed by atoms with Crippen LogP contribution < -0.4 is 0 Å². The van der Waals surface area contributed by atoms with Crippen molar-refractivity contribution < 1.29 is 10.2 Å². The van der Waals surface area contributed by atoms with Crippen molar-refractivity contribution in [2.45, 2.75) is 39.2 Å². The fourth-order valence-corrected chi connectivity index (χ4v) is 1.32. The molecular weight excluding hydrogens is 176 g/mol. The molecule has 0 heterocycles. The summed E-state index contributed by atoms with van der Waals surface area (Å²) >= 11 is 0. The van der Waals surface area contributed by atoms with Gasteiger partial charge in [0.15, 0.2) is 0 Å². The van der Waals surface area contributed by atoms with Gasteiger partial charge >= 0.3 is 0 Å². The van der Waals surface area contributed by atoms with Crippen LogP contribution >= 0.6 is 0 Å². The molecule has 0 aromatic rings. The summed E-state index contributed by atoms with van der Waals surface area (Å²) < 4.78 is 0. The Morgan fingerprint density at radius 1 is 1.50 bits per heavy atom. The molecule has 0 spiro atoms. The van der Waals surface area contributed by atoms with Crippen LogP contribution in [0.5, 0.6) is 0 Å². The van der Waals surface area contributed by atoms with Crippen LogP contribution in [0, 0.1) is 5.92 Å². The number of rotatable bonds is 7. The van der Waals surface area contributed by atoms with Crippen LogP contribution in [0.3, 0.4) is 0 Å². The van der Waals surface area contributed by atoms with Gasteiger partial charge in [0, 0.05) is 6.61 Å². The van der Waals surface area contributed by atoms with Crippen LogP contribution in [-0.4, -0.2) is 22.9 Å². The summed E-state index contributed by atoms with van der Waals surface area (Å²) in [6.07, 6.45) is 5.76. The molecule has 2 atom stereocenters. The van der Waals surface area contributed by atoms with E-state index in [0.717, 1.165) is 24.8 Å². The lowest BCUT2D eigenvalue weighted by Crippen LogP contribution is -2.09. The molecule has 0 radical (unpaired) electrons. The van der Waals surface area contributed by atoms with Crippen molar-refractivity contribution in [3.8, 4) is 0 Å². The standard InChI is InChI=1S/C12H22O2/c1-10(2)6-7-12(14)9-11(3)5-4-8-13/h6-7,11-14H,1,4-5,8-9H2,2-3H3/b7-6+. The first-order valence-corrected chi connectivity index (χ1v) is 5.19. The molecule has 0 aromatic carbocycles. The molecule has 0 aliphatic heterocycles. The minimum Gasteiger partial charge on any atom is -0.396 e. The number of hydrogen-bond acceptors (Lipinski definition) is 2. The van der Waals surface area contributed by atoms with Gasteiger partial charge in [0.2, 0.25) is 0 Å². The van der Waals surface area contributed by atoms with Crippen molar-refractivity contribution in [3.05, 3.63) is 24.3 Å². The second kappa shape index (κ2) is 7.77. The molecule has 0 bridgehead atoms. The summed E-state index contributed by atoms with van der Waals surface area (Å²) in [6, 6.07) is 0. The molecule has 0 aliphatic rings. The van der Waals surface area contributed by atoms with Gasteiger partial charge in [-0.05, 0) is 32.1 Å². The Kier molecular flexibility index (Phi) is 7.44. The highest BCUT2D eigenvalue weighted by Crippen LogP contribution is 2.13. The molecule has 0 fully saturated rings. The van der Waals surface area contributed by atoms with E-state index in [2.05, 4.69) is 13.5 Å². The third kappa shape index (κ3) is 8.02. The summed E-state index contributed by atoms with van der Waals surface area (Å²) in [5.74, 6) is 0.451. The van der Waals surface area contributed by atoms with Crippen molar-refractivity contribution in [2.24, 2.45) is 5.92 Å². The molecule has 0 rings (SSSR count). The van der Waals surface area contributed by atoms with Gasteiger partial charge < -0.3 is 10.2 Å². The summed E-state index contributed by atoms with van der Waals surface area (Å²) in [7, 11) is 0. The van der Waals surface area contributed by atoms with E-state index in [1.54, 1.807) is 6.08 Å². The Balaban J connectivity index is 3.70. The quantitative estimate of drug-likeness (QED) is 0.616. The number of hydrogen-bond donors (Lipinski definition) is 2. The van der Waals surface area contributed by atoms with Crippen LogP contribution in [0.2, 0.25) is 0 Å². The maximum atomic E-state index is 9.58. The molecular formula is C12H22O2. The van der Waals surface area contributed by atoms with Crippen molar-refractivity contribution in [1.82, 2.24) is 0 Å².